The van der Waals surface area contributed by atoms with Crippen molar-refractivity contribution in [1.82, 2.24) is 15.5 Å². The summed E-state index contributed by atoms with van der Waals surface area (Å²) >= 11 is 0. The average Bonchev–Trinajstić information content (AvgIpc) is 2.78. The number of nitrogens with zero attached hydrogens (tertiary/aromatic N) is 1. The third-order valence-electron chi connectivity index (χ3n) is 3.47. The molecular weight excluding hydrogens is 314 g/mol. The molecule has 0 aliphatic carbocycles. The Labute approximate surface area is 139 Å². The van der Waals surface area contributed by atoms with Crippen LogP contribution in [0.5, 0.6) is 0 Å². The molecule has 1 fully saturated rings. The number of carbonyl (C=O) groups is 4. The van der Waals surface area contributed by atoms with E-state index in [2.05, 4.69) is 10.6 Å². The Morgan fingerprint density at radius 1 is 1.29 bits per heavy atom. The molecule has 128 valence electrons. The first-order chi connectivity index (χ1) is 11.4. The van der Waals surface area contributed by atoms with Crippen molar-refractivity contribution in [3.63, 3.8) is 0 Å². The molecule has 8 nitrogen and oxygen atoms in total. The van der Waals surface area contributed by atoms with E-state index in [-0.39, 0.29) is 6.61 Å². The number of esters is 1. The van der Waals surface area contributed by atoms with Crippen molar-refractivity contribution in [3.8, 4) is 0 Å². The third-order valence-corrected chi connectivity index (χ3v) is 3.47. The molecule has 0 aromatic heterocycles. The molecule has 8 heteroatoms. The van der Waals surface area contributed by atoms with Crippen LogP contribution < -0.4 is 10.6 Å². The first-order valence-electron chi connectivity index (χ1n) is 7.51. The zero-order valence-electron chi connectivity index (χ0n) is 13.4. The van der Waals surface area contributed by atoms with Crippen molar-refractivity contribution >= 4 is 23.8 Å². The Hall–Kier alpha value is -2.90. The summed E-state index contributed by atoms with van der Waals surface area (Å²) in [6.45, 7) is 3.12. The maximum absolute atomic E-state index is 11.8. The highest BCUT2D eigenvalue weighted by Crippen LogP contribution is 2.09. The molecule has 2 atom stereocenters. The third kappa shape index (κ3) is 4.31. The second-order valence-corrected chi connectivity index (χ2v) is 5.45. The first kappa shape index (κ1) is 17.5. The van der Waals surface area contributed by atoms with Crippen LogP contribution in [0.4, 0.5) is 4.79 Å². The maximum Gasteiger partial charge on any atom is 0.326 e. The topological polar surface area (TPSA) is 105 Å². The molecule has 1 heterocycles. The number of urea groups is 1. The fourth-order valence-electron chi connectivity index (χ4n) is 2.26. The van der Waals surface area contributed by atoms with Gasteiger partial charge in [0.2, 0.25) is 5.91 Å². The standard InChI is InChI=1S/C16H19N3O5/c1-10-15(22)19(16(23)17-10)11(2)18-13(20)8-14(21)24-9-12-6-4-3-5-7-12/h3-7,10-11H,8-9H2,1-2H3,(H,17,23)(H,18,20)/t10-,11-/m0/s1. The minimum absolute atomic E-state index is 0.0764. The quantitative estimate of drug-likeness (QED) is 0.449. The molecule has 1 aromatic carbocycles. The number of amides is 4. The highest BCUT2D eigenvalue weighted by Gasteiger charge is 2.38. The average molecular weight is 333 g/mol. The van der Waals surface area contributed by atoms with Crippen molar-refractivity contribution in [2.75, 3.05) is 0 Å². The van der Waals surface area contributed by atoms with Gasteiger partial charge in [-0.1, -0.05) is 30.3 Å². The number of hydrogen-bond acceptors (Lipinski definition) is 5. The summed E-state index contributed by atoms with van der Waals surface area (Å²) < 4.78 is 5.01. The van der Waals surface area contributed by atoms with Gasteiger partial charge < -0.3 is 15.4 Å². The van der Waals surface area contributed by atoms with E-state index in [1.807, 2.05) is 18.2 Å². The minimum Gasteiger partial charge on any atom is -0.460 e. The predicted octanol–water partition coefficient (Wildman–Crippen LogP) is 0.522. The van der Waals surface area contributed by atoms with Crippen molar-refractivity contribution in [2.24, 2.45) is 0 Å². The van der Waals surface area contributed by atoms with Gasteiger partial charge >= 0.3 is 12.0 Å². The van der Waals surface area contributed by atoms with Crippen molar-refractivity contribution in [1.29, 1.82) is 0 Å². The highest BCUT2D eigenvalue weighted by molar-refractivity contribution is 6.04. The van der Waals surface area contributed by atoms with Crippen LogP contribution in [0.25, 0.3) is 0 Å². The summed E-state index contributed by atoms with van der Waals surface area (Å²) in [6.07, 6.45) is -1.34. The van der Waals surface area contributed by atoms with Gasteiger partial charge in [0, 0.05) is 0 Å². The lowest BCUT2D eigenvalue weighted by Crippen LogP contribution is -2.49. The van der Waals surface area contributed by atoms with Crippen molar-refractivity contribution in [2.45, 2.75) is 39.1 Å². The normalized spacial score (nSPS) is 18.1. The lowest BCUT2D eigenvalue weighted by Gasteiger charge is -2.22. The molecule has 0 bridgehead atoms. The van der Waals surface area contributed by atoms with Crippen LogP contribution in [0.15, 0.2) is 30.3 Å². The van der Waals surface area contributed by atoms with Crippen LogP contribution in [0.3, 0.4) is 0 Å². The van der Waals surface area contributed by atoms with Gasteiger partial charge in [-0.05, 0) is 19.4 Å². The lowest BCUT2D eigenvalue weighted by molar-refractivity contribution is -0.147. The summed E-state index contributed by atoms with van der Waals surface area (Å²) in [5.74, 6) is -1.74. The van der Waals surface area contributed by atoms with E-state index in [1.165, 1.54) is 6.92 Å². The smallest absolute Gasteiger partial charge is 0.326 e. The Balaban J connectivity index is 1.79. The summed E-state index contributed by atoms with van der Waals surface area (Å²) in [5.41, 5.74) is 0.813. The summed E-state index contributed by atoms with van der Waals surface area (Å²) in [7, 11) is 0. The molecule has 2 rings (SSSR count). The van der Waals surface area contributed by atoms with E-state index in [0.717, 1.165) is 10.5 Å². The summed E-state index contributed by atoms with van der Waals surface area (Å²) in [6, 6.07) is 7.87. The Bertz CT molecular complexity index is 646. The molecule has 1 saturated heterocycles. The van der Waals surface area contributed by atoms with Crippen LogP contribution >= 0.6 is 0 Å². The maximum atomic E-state index is 11.8. The fourth-order valence-corrected chi connectivity index (χ4v) is 2.26. The van der Waals surface area contributed by atoms with Gasteiger partial charge in [-0.2, -0.15) is 0 Å². The van der Waals surface area contributed by atoms with Crippen LogP contribution in [0, 0.1) is 0 Å². The molecule has 0 saturated carbocycles. The molecule has 1 aromatic rings. The summed E-state index contributed by atoms with van der Waals surface area (Å²) in [4.78, 5) is 47.9. The fraction of sp³-hybridized carbons (Fsp3) is 0.375. The van der Waals surface area contributed by atoms with Gasteiger partial charge in [0.25, 0.3) is 5.91 Å². The SMILES string of the molecule is C[C@@H]1NC(=O)N([C@@H](C)NC(=O)CC(=O)OCc2ccccc2)C1=O. The molecule has 24 heavy (non-hydrogen) atoms. The van der Waals surface area contributed by atoms with E-state index in [0.29, 0.717) is 0 Å². The van der Waals surface area contributed by atoms with Crippen molar-refractivity contribution in [3.05, 3.63) is 35.9 Å². The number of rotatable bonds is 6. The van der Waals surface area contributed by atoms with E-state index in [1.54, 1.807) is 19.1 Å². The minimum atomic E-state index is -0.850. The van der Waals surface area contributed by atoms with Crippen LogP contribution in [0.1, 0.15) is 25.8 Å². The second-order valence-electron chi connectivity index (χ2n) is 5.45. The lowest BCUT2D eigenvalue weighted by atomic mass is 10.2. The molecule has 1 aliphatic rings. The Kier molecular flexibility index (Phi) is 5.51. The number of carbonyl (C=O) groups excluding carboxylic acids is 4. The van der Waals surface area contributed by atoms with Crippen molar-refractivity contribution < 1.29 is 23.9 Å². The summed E-state index contributed by atoms with van der Waals surface area (Å²) in [5, 5.41) is 4.88. The van der Waals surface area contributed by atoms with E-state index >= 15 is 0 Å². The number of hydrogen-bond donors (Lipinski definition) is 2. The monoisotopic (exact) mass is 333 g/mol. The number of imide groups is 1. The van der Waals surface area contributed by atoms with Gasteiger partial charge in [-0.15, -0.1) is 0 Å². The van der Waals surface area contributed by atoms with Gasteiger partial charge in [0.1, 0.15) is 25.2 Å². The molecular formula is C16H19N3O5. The molecule has 0 radical (unpaired) electrons. The first-order valence-corrected chi connectivity index (χ1v) is 7.51. The molecule has 4 amide bonds. The van der Waals surface area contributed by atoms with Gasteiger partial charge in [-0.25, -0.2) is 9.69 Å². The number of ether oxygens (including phenoxy) is 1. The molecule has 0 unspecified atom stereocenters. The van der Waals surface area contributed by atoms with Crippen LogP contribution in [-0.4, -0.2) is 40.9 Å². The molecule has 0 spiro atoms. The highest BCUT2D eigenvalue weighted by atomic mass is 16.5. The van der Waals surface area contributed by atoms with Crippen LogP contribution in [0.2, 0.25) is 0 Å². The number of nitrogens with one attached hydrogen (secondary N) is 2. The second kappa shape index (κ2) is 7.58. The van der Waals surface area contributed by atoms with Gasteiger partial charge in [0.05, 0.1) is 0 Å². The molecule has 1 aliphatic heterocycles. The zero-order chi connectivity index (χ0) is 17.7. The largest absolute Gasteiger partial charge is 0.460 e. The van der Waals surface area contributed by atoms with E-state index in [4.69, 9.17) is 4.74 Å². The van der Waals surface area contributed by atoms with Gasteiger partial charge in [0.15, 0.2) is 0 Å². The number of benzene rings is 1. The Morgan fingerprint density at radius 3 is 2.54 bits per heavy atom. The zero-order valence-corrected chi connectivity index (χ0v) is 13.4. The molecule has 2 N–H and O–H groups in total. The predicted molar refractivity (Wildman–Crippen MR) is 83.3 cm³/mol. The van der Waals surface area contributed by atoms with E-state index < -0.39 is 42.4 Å². The van der Waals surface area contributed by atoms with E-state index in [9.17, 15) is 19.2 Å². The van der Waals surface area contributed by atoms with Crippen LogP contribution in [-0.2, 0) is 25.7 Å². The Morgan fingerprint density at radius 2 is 1.96 bits per heavy atom. The van der Waals surface area contributed by atoms with Gasteiger partial charge in [-0.3, -0.25) is 14.4 Å².